The standard InChI is InChI=1S/C22H27N3O4/c1-2-28-19-11-9-18(10-12-19)25-21(26)15-23-17-7-5-16(6-8-17)22(27)24-14-20-4-3-13-29-20/h5-12,20,23H,2-4,13-15H2,1H3,(H,24,27)(H,25,26). The molecule has 29 heavy (non-hydrogen) atoms. The molecule has 1 atom stereocenters. The summed E-state index contributed by atoms with van der Waals surface area (Å²) in [6, 6.07) is 14.3. The molecule has 0 saturated carbocycles. The van der Waals surface area contributed by atoms with Gasteiger partial charge in [-0.25, -0.2) is 0 Å². The molecule has 3 N–H and O–H groups in total. The molecular formula is C22H27N3O4. The van der Waals surface area contributed by atoms with E-state index in [0.717, 1.165) is 30.9 Å². The Hall–Kier alpha value is -3.06. The fraction of sp³-hybridized carbons (Fsp3) is 0.364. The first-order valence-electron chi connectivity index (χ1n) is 9.90. The molecule has 1 saturated heterocycles. The van der Waals surface area contributed by atoms with E-state index < -0.39 is 0 Å². The molecule has 3 rings (SSSR count). The van der Waals surface area contributed by atoms with Crippen LogP contribution in [0, 0.1) is 0 Å². The summed E-state index contributed by atoms with van der Waals surface area (Å²) >= 11 is 0. The number of anilines is 2. The molecule has 1 aliphatic heterocycles. The Morgan fingerprint density at radius 3 is 2.45 bits per heavy atom. The number of rotatable bonds is 9. The Morgan fingerprint density at radius 2 is 1.79 bits per heavy atom. The molecule has 0 bridgehead atoms. The molecule has 7 nitrogen and oxygen atoms in total. The van der Waals surface area contributed by atoms with Crippen molar-refractivity contribution in [3.05, 3.63) is 54.1 Å². The molecule has 0 aromatic heterocycles. The van der Waals surface area contributed by atoms with Gasteiger partial charge in [0.15, 0.2) is 0 Å². The minimum absolute atomic E-state index is 0.119. The summed E-state index contributed by atoms with van der Waals surface area (Å²) in [7, 11) is 0. The van der Waals surface area contributed by atoms with E-state index in [1.165, 1.54) is 0 Å². The second kappa shape index (κ2) is 10.5. The zero-order valence-corrected chi connectivity index (χ0v) is 16.6. The van der Waals surface area contributed by atoms with Crippen molar-refractivity contribution in [2.45, 2.75) is 25.9 Å². The fourth-order valence-corrected chi connectivity index (χ4v) is 3.04. The van der Waals surface area contributed by atoms with Gasteiger partial charge in [0.05, 0.1) is 19.3 Å². The molecule has 7 heteroatoms. The average Bonchev–Trinajstić information content (AvgIpc) is 3.26. The highest BCUT2D eigenvalue weighted by molar-refractivity contribution is 5.95. The predicted octanol–water partition coefficient (Wildman–Crippen LogP) is 3.04. The second-order valence-corrected chi connectivity index (χ2v) is 6.78. The van der Waals surface area contributed by atoms with Gasteiger partial charge < -0.3 is 25.4 Å². The molecule has 154 valence electrons. The van der Waals surface area contributed by atoms with Crippen molar-refractivity contribution in [2.75, 3.05) is 36.9 Å². The van der Waals surface area contributed by atoms with Gasteiger partial charge in [-0.2, -0.15) is 0 Å². The highest BCUT2D eigenvalue weighted by Gasteiger charge is 2.16. The number of hydrogen-bond donors (Lipinski definition) is 3. The molecule has 0 radical (unpaired) electrons. The molecule has 1 unspecified atom stereocenters. The number of hydrogen-bond acceptors (Lipinski definition) is 5. The zero-order valence-electron chi connectivity index (χ0n) is 16.6. The summed E-state index contributed by atoms with van der Waals surface area (Å²) in [5.74, 6) is 0.483. The quantitative estimate of drug-likeness (QED) is 0.605. The molecule has 1 fully saturated rings. The fourth-order valence-electron chi connectivity index (χ4n) is 3.04. The van der Waals surface area contributed by atoms with Crippen molar-refractivity contribution in [3.8, 4) is 5.75 Å². The third kappa shape index (κ3) is 6.50. The van der Waals surface area contributed by atoms with Crippen molar-refractivity contribution >= 4 is 23.2 Å². The minimum atomic E-state index is -0.160. The van der Waals surface area contributed by atoms with E-state index in [9.17, 15) is 9.59 Å². The number of carbonyl (C=O) groups is 2. The van der Waals surface area contributed by atoms with Gasteiger partial charge in [-0.15, -0.1) is 0 Å². The maximum absolute atomic E-state index is 12.2. The number of ether oxygens (including phenoxy) is 2. The summed E-state index contributed by atoms with van der Waals surface area (Å²) in [5, 5.41) is 8.76. The number of nitrogens with one attached hydrogen (secondary N) is 3. The molecule has 2 amide bonds. The Morgan fingerprint density at radius 1 is 1.07 bits per heavy atom. The van der Waals surface area contributed by atoms with Gasteiger partial charge in [0.25, 0.3) is 5.91 Å². The minimum Gasteiger partial charge on any atom is -0.494 e. The number of amides is 2. The van der Waals surface area contributed by atoms with Gasteiger partial charge in [0.2, 0.25) is 5.91 Å². The Labute approximate surface area is 170 Å². The number of carbonyl (C=O) groups excluding carboxylic acids is 2. The SMILES string of the molecule is CCOc1ccc(NC(=O)CNc2ccc(C(=O)NCC3CCCO3)cc2)cc1. The van der Waals surface area contributed by atoms with Crippen molar-refractivity contribution in [1.82, 2.24) is 5.32 Å². The smallest absolute Gasteiger partial charge is 0.251 e. The van der Waals surface area contributed by atoms with Crippen LogP contribution in [0.3, 0.4) is 0 Å². The van der Waals surface area contributed by atoms with Crippen LogP contribution < -0.4 is 20.7 Å². The Bertz CT molecular complexity index is 800. The topological polar surface area (TPSA) is 88.7 Å². The monoisotopic (exact) mass is 397 g/mol. The van der Waals surface area contributed by atoms with Crippen LogP contribution in [-0.4, -0.2) is 44.2 Å². The van der Waals surface area contributed by atoms with Crippen LogP contribution in [0.1, 0.15) is 30.1 Å². The lowest BCUT2D eigenvalue weighted by Gasteiger charge is -2.11. The van der Waals surface area contributed by atoms with Gasteiger partial charge in [0.1, 0.15) is 5.75 Å². The molecule has 2 aromatic rings. The lowest BCUT2D eigenvalue weighted by atomic mass is 10.2. The first-order valence-corrected chi connectivity index (χ1v) is 9.90. The lowest BCUT2D eigenvalue weighted by molar-refractivity contribution is -0.114. The largest absolute Gasteiger partial charge is 0.494 e. The van der Waals surface area contributed by atoms with Crippen LogP contribution in [0.4, 0.5) is 11.4 Å². The first-order chi connectivity index (χ1) is 14.1. The van der Waals surface area contributed by atoms with E-state index in [4.69, 9.17) is 9.47 Å². The molecule has 2 aromatic carbocycles. The number of benzene rings is 2. The van der Waals surface area contributed by atoms with E-state index in [0.29, 0.717) is 24.4 Å². The van der Waals surface area contributed by atoms with E-state index >= 15 is 0 Å². The highest BCUT2D eigenvalue weighted by Crippen LogP contribution is 2.16. The lowest BCUT2D eigenvalue weighted by Crippen LogP contribution is -2.31. The summed E-state index contributed by atoms with van der Waals surface area (Å²) in [4.78, 5) is 24.3. The van der Waals surface area contributed by atoms with Crippen LogP contribution >= 0.6 is 0 Å². The highest BCUT2D eigenvalue weighted by atomic mass is 16.5. The van der Waals surface area contributed by atoms with E-state index in [-0.39, 0.29) is 24.5 Å². The average molecular weight is 397 g/mol. The maximum Gasteiger partial charge on any atom is 0.251 e. The van der Waals surface area contributed by atoms with Crippen molar-refractivity contribution < 1.29 is 19.1 Å². The molecule has 0 spiro atoms. The van der Waals surface area contributed by atoms with Gasteiger partial charge in [0, 0.05) is 30.1 Å². The molecule has 1 heterocycles. The van der Waals surface area contributed by atoms with Gasteiger partial charge in [-0.3, -0.25) is 9.59 Å². The van der Waals surface area contributed by atoms with Crippen LogP contribution in [0.15, 0.2) is 48.5 Å². The zero-order chi connectivity index (χ0) is 20.5. The summed E-state index contributed by atoms with van der Waals surface area (Å²) < 4.78 is 10.9. The Kier molecular flexibility index (Phi) is 7.47. The second-order valence-electron chi connectivity index (χ2n) is 6.78. The van der Waals surface area contributed by atoms with Gasteiger partial charge in [-0.05, 0) is 68.3 Å². The maximum atomic E-state index is 12.2. The normalized spacial score (nSPS) is 15.6. The van der Waals surface area contributed by atoms with Crippen LogP contribution in [-0.2, 0) is 9.53 Å². The Balaban J connectivity index is 1.41. The van der Waals surface area contributed by atoms with Crippen molar-refractivity contribution in [3.63, 3.8) is 0 Å². The van der Waals surface area contributed by atoms with Crippen molar-refractivity contribution in [2.24, 2.45) is 0 Å². The third-order valence-corrected chi connectivity index (χ3v) is 4.56. The molecule has 1 aliphatic rings. The van der Waals surface area contributed by atoms with E-state index in [1.807, 2.05) is 19.1 Å². The van der Waals surface area contributed by atoms with Crippen LogP contribution in [0.2, 0.25) is 0 Å². The van der Waals surface area contributed by atoms with Gasteiger partial charge >= 0.3 is 0 Å². The summed E-state index contributed by atoms with van der Waals surface area (Å²) in [6.45, 7) is 3.95. The third-order valence-electron chi connectivity index (χ3n) is 4.56. The van der Waals surface area contributed by atoms with Crippen LogP contribution in [0.25, 0.3) is 0 Å². The first kappa shape index (κ1) is 20.7. The molecular weight excluding hydrogens is 370 g/mol. The van der Waals surface area contributed by atoms with Crippen LogP contribution in [0.5, 0.6) is 5.75 Å². The van der Waals surface area contributed by atoms with Crippen molar-refractivity contribution in [1.29, 1.82) is 0 Å². The molecule has 0 aliphatic carbocycles. The summed E-state index contributed by atoms with van der Waals surface area (Å²) in [5.41, 5.74) is 2.05. The summed E-state index contributed by atoms with van der Waals surface area (Å²) in [6.07, 6.45) is 2.16. The predicted molar refractivity (Wildman–Crippen MR) is 112 cm³/mol. The van der Waals surface area contributed by atoms with E-state index in [2.05, 4.69) is 16.0 Å². The van der Waals surface area contributed by atoms with Gasteiger partial charge in [-0.1, -0.05) is 0 Å². The van der Waals surface area contributed by atoms with E-state index in [1.54, 1.807) is 36.4 Å².